The summed E-state index contributed by atoms with van der Waals surface area (Å²) in [6.45, 7) is 9.74. The van der Waals surface area contributed by atoms with Gasteiger partial charge in [-0.2, -0.15) is 0 Å². The van der Waals surface area contributed by atoms with E-state index in [0.717, 1.165) is 13.0 Å². The number of hydrogen-bond acceptors (Lipinski definition) is 1. The Morgan fingerprint density at radius 1 is 1.00 bits per heavy atom. The molecular weight excluding hydrogens is 182 g/mol. The van der Waals surface area contributed by atoms with Crippen molar-refractivity contribution in [3.05, 3.63) is 34.9 Å². The zero-order chi connectivity index (χ0) is 11.4. The van der Waals surface area contributed by atoms with Crippen molar-refractivity contribution in [3.63, 3.8) is 0 Å². The molecule has 15 heavy (non-hydrogen) atoms. The van der Waals surface area contributed by atoms with Crippen LogP contribution in [0.25, 0.3) is 0 Å². The summed E-state index contributed by atoms with van der Waals surface area (Å²) in [7, 11) is 0. The largest absolute Gasteiger partial charge is 0.330 e. The smallest absolute Gasteiger partial charge is 0.00365 e. The highest BCUT2D eigenvalue weighted by Crippen LogP contribution is 2.27. The van der Waals surface area contributed by atoms with E-state index in [-0.39, 0.29) is 0 Å². The van der Waals surface area contributed by atoms with E-state index in [1.54, 1.807) is 0 Å². The van der Waals surface area contributed by atoms with Crippen molar-refractivity contribution in [1.82, 2.24) is 0 Å². The highest BCUT2D eigenvalue weighted by molar-refractivity contribution is 5.39. The van der Waals surface area contributed by atoms with Crippen LogP contribution < -0.4 is 5.73 Å². The second kappa shape index (κ2) is 5.32. The van der Waals surface area contributed by atoms with Gasteiger partial charge in [0, 0.05) is 0 Å². The SMILES string of the molecule is CC(C)c1cccc(C(C)C)c1CCN. The highest BCUT2D eigenvalue weighted by atomic mass is 14.5. The molecule has 1 heteroatoms. The third-order valence-corrected chi connectivity index (χ3v) is 2.89. The lowest BCUT2D eigenvalue weighted by atomic mass is 9.87. The fourth-order valence-corrected chi connectivity index (χ4v) is 2.14. The van der Waals surface area contributed by atoms with Crippen LogP contribution in [-0.4, -0.2) is 6.54 Å². The number of rotatable bonds is 4. The molecule has 0 aliphatic heterocycles. The zero-order valence-corrected chi connectivity index (χ0v) is 10.4. The second-order valence-corrected chi connectivity index (χ2v) is 4.76. The summed E-state index contributed by atoms with van der Waals surface area (Å²) in [6, 6.07) is 6.65. The van der Waals surface area contributed by atoms with E-state index in [1.807, 2.05) is 0 Å². The van der Waals surface area contributed by atoms with Crippen LogP contribution in [0.1, 0.15) is 56.2 Å². The van der Waals surface area contributed by atoms with E-state index >= 15 is 0 Å². The molecule has 1 nitrogen and oxygen atoms in total. The van der Waals surface area contributed by atoms with Gasteiger partial charge in [-0.25, -0.2) is 0 Å². The molecule has 0 saturated carbocycles. The van der Waals surface area contributed by atoms with Crippen molar-refractivity contribution >= 4 is 0 Å². The summed E-state index contributed by atoms with van der Waals surface area (Å²) >= 11 is 0. The maximum absolute atomic E-state index is 5.70. The highest BCUT2D eigenvalue weighted by Gasteiger charge is 2.12. The molecule has 0 aliphatic carbocycles. The van der Waals surface area contributed by atoms with Gasteiger partial charge in [-0.05, 0) is 41.5 Å². The standard InChI is InChI=1S/C14H23N/c1-10(2)12-6-5-7-13(11(3)4)14(12)8-9-15/h5-7,10-11H,8-9,15H2,1-4H3. The zero-order valence-electron chi connectivity index (χ0n) is 10.4. The summed E-state index contributed by atoms with van der Waals surface area (Å²) in [5.41, 5.74) is 10.1. The van der Waals surface area contributed by atoms with E-state index in [1.165, 1.54) is 16.7 Å². The van der Waals surface area contributed by atoms with Crippen molar-refractivity contribution in [1.29, 1.82) is 0 Å². The van der Waals surface area contributed by atoms with Gasteiger partial charge in [0.05, 0.1) is 0 Å². The molecule has 0 radical (unpaired) electrons. The topological polar surface area (TPSA) is 26.0 Å². The number of hydrogen-bond donors (Lipinski definition) is 1. The average Bonchev–Trinajstić information content (AvgIpc) is 2.17. The summed E-state index contributed by atoms with van der Waals surface area (Å²) in [4.78, 5) is 0. The predicted octanol–water partition coefficient (Wildman–Crippen LogP) is 3.43. The summed E-state index contributed by atoms with van der Waals surface area (Å²) in [6.07, 6.45) is 1.00. The summed E-state index contributed by atoms with van der Waals surface area (Å²) in [5, 5.41) is 0. The van der Waals surface area contributed by atoms with Crippen LogP contribution in [-0.2, 0) is 6.42 Å². The molecule has 84 valence electrons. The lowest BCUT2D eigenvalue weighted by Crippen LogP contribution is -2.10. The minimum atomic E-state index is 0.588. The minimum Gasteiger partial charge on any atom is -0.330 e. The molecule has 2 N–H and O–H groups in total. The van der Waals surface area contributed by atoms with Crippen LogP contribution in [0.2, 0.25) is 0 Å². The molecular formula is C14H23N. The Kier molecular flexibility index (Phi) is 4.34. The van der Waals surface area contributed by atoms with Gasteiger partial charge in [-0.15, -0.1) is 0 Å². The summed E-state index contributed by atoms with van der Waals surface area (Å²) < 4.78 is 0. The summed E-state index contributed by atoms with van der Waals surface area (Å²) in [5.74, 6) is 1.18. The molecule has 0 spiro atoms. The molecule has 0 unspecified atom stereocenters. The molecule has 0 bridgehead atoms. The van der Waals surface area contributed by atoms with Crippen LogP contribution in [0.3, 0.4) is 0 Å². The Bertz CT molecular complexity index is 287. The van der Waals surface area contributed by atoms with E-state index in [9.17, 15) is 0 Å². The fourth-order valence-electron chi connectivity index (χ4n) is 2.14. The molecule has 0 fully saturated rings. The van der Waals surface area contributed by atoms with Crippen molar-refractivity contribution in [2.75, 3.05) is 6.54 Å². The first-order valence-electron chi connectivity index (χ1n) is 5.89. The first-order chi connectivity index (χ1) is 7.07. The second-order valence-electron chi connectivity index (χ2n) is 4.76. The lowest BCUT2D eigenvalue weighted by Gasteiger charge is -2.19. The van der Waals surface area contributed by atoms with Crippen LogP contribution in [0.5, 0.6) is 0 Å². The van der Waals surface area contributed by atoms with E-state index in [0.29, 0.717) is 11.8 Å². The first kappa shape index (κ1) is 12.3. The van der Waals surface area contributed by atoms with Crippen molar-refractivity contribution < 1.29 is 0 Å². The first-order valence-corrected chi connectivity index (χ1v) is 5.89. The monoisotopic (exact) mass is 205 g/mol. The van der Waals surface area contributed by atoms with Crippen molar-refractivity contribution in [2.45, 2.75) is 46.0 Å². The molecule has 1 aromatic carbocycles. The Balaban J connectivity index is 3.21. The van der Waals surface area contributed by atoms with Gasteiger partial charge in [-0.1, -0.05) is 45.9 Å². The van der Waals surface area contributed by atoms with Gasteiger partial charge in [0.2, 0.25) is 0 Å². The third kappa shape index (κ3) is 2.82. The third-order valence-electron chi connectivity index (χ3n) is 2.89. The fraction of sp³-hybridized carbons (Fsp3) is 0.571. The van der Waals surface area contributed by atoms with Crippen molar-refractivity contribution in [2.24, 2.45) is 5.73 Å². The molecule has 0 heterocycles. The van der Waals surface area contributed by atoms with Gasteiger partial charge in [0.25, 0.3) is 0 Å². The Morgan fingerprint density at radius 2 is 1.47 bits per heavy atom. The van der Waals surface area contributed by atoms with Crippen LogP contribution >= 0.6 is 0 Å². The normalized spacial score (nSPS) is 11.4. The molecule has 0 aliphatic rings. The van der Waals surface area contributed by atoms with E-state index in [4.69, 9.17) is 5.73 Å². The molecule has 1 aromatic rings. The van der Waals surface area contributed by atoms with Crippen LogP contribution in [0.15, 0.2) is 18.2 Å². The Labute approximate surface area is 93.7 Å². The number of benzene rings is 1. The van der Waals surface area contributed by atoms with E-state index in [2.05, 4.69) is 45.9 Å². The average molecular weight is 205 g/mol. The maximum Gasteiger partial charge on any atom is -0.00365 e. The molecule has 0 amide bonds. The van der Waals surface area contributed by atoms with Gasteiger partial charge in [0.15, 0.2) is 0 Å². The quantitative estimate of drug-likeness (QED) is 0.800. The van der Waals surface area contributed by atoms with Crippen molar-refractivity contribution in [3.8, 4) is 0 Å². The van der Waals surface area contributed by atoms with Gasteiger partial charge < -0.3 is 5.73 Å². The Morgan fingerprint density at radius 3 is 1.80 bits per heavy atom. The van der Waals surface area contributed by atoms with E-state index < -0.39 is 0 Å². The molecule has 1 rings (SSSR count). The predicted molar refractivity (Wildman–Crippen MR) is 67.4 cm³/mol. The lowest BCUT2D eigenvalue weighted by molar-refractivity contribution is 0.787. The Hall–Kier alpha value is -0.820. The van der Waals surface area contributed by atoms with Gasteiger partial charge in [-0.3, -0.25) is 0 Å². The van der Waals surface area contributed by atoms with Crippen LogP contribution in [0, 0.1) is 0 Å². The van der Waals surface area contributed by atoms with Gasteiger partial charge in [0.1, 0.15) is 0 Å². The molecule has 0 aromatic heterocycles. The minimum absolute atomic E-state index is 0.588. The number of nitrogens with two attached hydrogens (primary N) is 1. The molecule has 0 saturated heterocycles. The van der Waals surface area contributed by atoms with Gasteiger partial charge >= 0.3 is 0 Å². The molecule has 0 atom stereocenters. The van der Waals surface area contributed by atoms with Crippen LogP contribution in [0.4, 0.5) is 0 Å². The maximum atomic E-state index is 5.70.